The van der Waals surface area contributed by atoms with Gasteiger partial charge in [-0.1, -0.05) is 25.1 Å². The molecule has 0 aromatic heterocycles. The predicted octanol–water partition coefficient (Wildman–Crippen LogP) is 3.15. The molecule has 5 heteroatoms. The zero-order valence-corrected chi connectivity index (χ0v) is 15.1. The van der Waals surface area contributed by atoms with Crippen LogP contribution < -0.4 is 19.5 Å². The number of carbonyl (C=O) groups excluding carboxylic acids is 1. The topological polar surface area (TPSA) is 56.8 Å². The summed E-state index contributed by atoms with van der Waals surface area (Å²) in [5.74, 6) is 2.38. The first-order valence-electron chi connectivity index (χ1n) is 9.11. The molecule has 3 rings (SSSR count). The third-order valence-electron chi connectivity index (χ3n) is 4.27. The lowest BCUT2D eigenvalue weighted by Gasteiger charge is -2.18. The van der Waals surface area contributed by atoms with Crippen LogP contribution in [0.5, 0.6) is 17.2 Å². The molecule has 2 aromatic carbocycles. The highest BCUT2D eigenvalue weighted by molar-refractivity contribution is 5.76. The number of hydrogen-bond donors (Lipinski definition) is 1. The first kappa shape index (κ1) is 18.1. The van der Waals surface area contributed by atoms with Crippen LogP contribution in [0.4, 0.5) is 0 Å². The van der Waals surface area contributed by atoms with Gasteiger partial charge in [-0.15, -0.1) is 0 Å². The Morgan fingerprint density at radius 3 is 2.54 bits per heavy atom. The standard InChI is InChI=1S/C21H25NO4/c1-2-16-3-7-18(8-4-16)24-12-11-22-21(23)10-6-17-5-9-19-20(15-17)26-14-13-25-19/h3-5,7-9,15H,2,6,10-14H2,1H3,(H,22,23). The van der Waals surface area contributed by atoms with Gasteiger partial charge in [0.25, 0.3) is 0 Å². The van der Waals surface area contributed by atoms with Gasteiger partial charge in [-0.05, 0) is 48.2 Å². The molecule has 138 valence electrons. The van der Waals surface area contributed by atoms with Crippen LogP contribution in [0.2, 0.25) is 0 Å². The SMILES string of the molecule is CCc1ccc(OCCNC(=O)CCc2ccc3c(c2)OCCO3)cc1. The second-order valence-corrected chi connectivity index (χ2v) is 6.17. The fourth-order valence-electron chi connectivity index (χ4n) is 2.77. The molecule has 1 N–H and O–H groups in total. The summed E-state index contributed by atoms with van der Waals surface area (Å²) in [5, 5.41) is 2.89. The molecule has 0 bridgehead atoms. The van der Waals surface area contributed by atoms with Crippen molar-refractivity contribution in [1.82, 2.24) is 5.32 Å². The Kier molecular flexibility index (Phi) is 6.36. The lowest BCUT2D eigenvalue weighted by Crippen LogP contribution is -2.28. The van der Waals surface area contributed by atoms with E-state index in [-0.39, 0.29) is 5.91 Å². The van der Waals surface area contributed by atoms with E-state index in [9.17, 15) is 4.79 Å². The highest BCUT2D eigenvalue weighted by Crippen LogP contribution is 2.31. The fourth-order valence-corrected chi connectivity index (χ4v) is 2.77. The van der Waals surface area contributed by atoms with Crippen molar-refractivity contribution in [3.8, 4) is 17.2 Å². The van der Waals surface area contributed by atoms with Crippen LogP contribution in [0.15, 0.2) is 42.5 Å². The molecule has 1 aliphatic rings. The van der Waals surface area contributed by atoms with Crippen LogP contribution in [0.25, 0.3) is 0 Å². The van der Waals surface area contributed by atoms with Crippen LogP contribution in [0.3, 0.4) is 0 Å². The van der Waals surface area contributed by atoms with Gasteiger partial charge >= 0.3 is 0 Å². The van der Waals surface area contributed by atoms with Crippen molar-refractivity contribution in [3.63, 3.8) is 0 Å². The molecular weight excluding hydrogens is 330 g/mol. The highest BCUT2D eigenvalue weighted by Gasteiger charge is 2.12. The Hall–Kier alpha value is -2.69. The van der Waals surface area contributed by atoms with Crippen LogP contribution in [-0.4, -0.2) is 32.3 Å². The van der Waals surface area contributed by atoms with Gasteiger partial charge in [0.2, 0.25) is 5.91 Å². The maximum absolute atomic E-state index is 12.0. The second-order valence-electron chi connectivity index (χ2n) is 6.17. The van der Waals surface area contributed by atoms with Crippen molar-refractivity contribution in [2.24, 2.45) is 0 Å². The zero-order valence-electron chi connectivity index (χ0n) is 15.1. The molecule has 1 heterocycles. The molecule has 0 aliphatic carbocycles. The minimum Gasteiger partial charge on any atom is -0.492 e. The number of rotatable bonds is 8. The second kappa shape index (κ2) is 9.13. The maximum Gasteiger partial charge on any atom is 0.220 e. The summed E-state index contributed by atoms with van der Waals surface area (Å²) in [5.41, 5.74) is 2.35. The lowest BCUT2D eigenvalue weighted by atomic mass is 10.1. The average Bonchev–Trinajstić information content (AvgIpc) is 2.70. The molecule has 26 heavy (non-hydrogen) atoms. The van der Waals surface area contributed by atoms with Gasteiger partial charge in [0.05, 0.1) is 6.54 Å². The van der Waals surface area contributed by atoms with Crippen molar-refractivity contribution in [2.45, 2.75) is 26.2 Å². The lowest BCUT2D eigenvalue weighted by molar-refractivity contribution is -0.121. The first-order chi connectivity index (χ1) is 12.7. The molecule has 5 nitrogen and oxygen atoms in total. The molecule has 0 saturated heterocycles. The van der Waals surface area contributed by atoms with Crippen molar-refractivity contribution >= 4 is 5.91 Å². The number of carbonyl (C=O) groups is 1. The van der Waals surface area contributed by atoms with E-state index in [1.807, 2.05) is 30.3 Å². The summed E-state index contributed by atoms with van der Waals surface area (Å²) in [7, 11) is 0. The number of nitrogens with one attached hydrogen (secondary N) is 1. The van der Waals surface area contributed by atoms with E-state index in [2.05, 4.69) is 24.4 Å². The van der Waals surface area contributed by atoms with Crippen molar-refractivity contribution < 1.29 is 19.0 Å². The average molecular weight is 355 g/mol. The van der Waals surface area contributed by atoms with Gasteiger partial charge in [0, 0.05) is 6.42 Å². The number of benzene rings is 2. The fraction of sp³-hybridized carbons (Fsp3) is 0.381. The van der Waals surface area contributed by atoms with Crippen molar-refractivity contribution in [2.75, 3.05) is 26.4 Å². The zero-order chi connectivity index (χ0) is 18.2. The number of ether oxygens (including phenoxy) is 3. The van der Waals surface area contributed by atoms with Crippen LogP contribution >= 0.6 is 0 Å². The Bertz CT molecular complexity index is 727. The summed E-state index contributed by atoms with van der Waals surface area (Å²) in [6.45, 7) is 4.23. The summed E-state index contributed by atoms with van der Waals surface area (Å²) in [6.07, 6.45) is 2.12. The van der Waals surface area contributed by atoms with Gasteiger partial charge < -0.3 is 19.5 Å². The molecule has 0 radical (unpaired) electrons. The summed E-state index contributed by atoms with van der Waals surface area (Å²) >= 11 is 0. The number of hydrogen-bond acceptors (Lipinski definition) is 4. The largest absolute Gasteiger partial charge is 0.492 e. The van der Waals surface area contributed by atoms with E-state index < -0.39 is 0 Å². The third kappa shape index (κ3) is 5.15. The molecule has 0 unspecified atom stereocenters. The Balaban J connectivity index is 1.35. The Morgan fingerprint density at radius 1 is 1.04 bits per heavy atom. The molecule has 0 spiro atoms. The molecule has 2 aromatic rings. The van der Waals surface area contributed by atoms with Crippen LogP contribution in [0, 0.1) is 0 Å². The summed E-state index contributed by atoms with van der Waals surface area (Å²) < 4.78 is 16.7. The van der Waals surface area contributed by atoms with Gasteiger partial charge in [-0.2, -0.15) is 0 Å². The van der Waals surface area contributed by atoms with E-state index in [0.717, 1.165) is 29.2 Å². The molecule has 1 aliphatic heterocycles. The van der Waals surface area contributed by atoms with Crippen LogP contribution in [-0.2, 0) is 17.6 Å². The van der Waals surface area contributed by atoms with Gasteiger partial charge in [0.15, 0.2) is 11.5 Å². The van der Waals surface area contributed by atoms with Gasteiger partial charge in [0.1, 0.15) is 25.6 Å². The predicted molar refractivity (Wildman–Crippen MR) is 100 cm³/mol. The molecule has 0 saturated carbocycles. The number of aryl methyl sites for hydroxylation is 2. The summed E-state index contributed by atoms with van der Waals surface area (Å²) in [4.78, 5) is 12.0. The highest BCUT2D eigenvalue weighted by atomic mass is 16.6. The molecular formula is C21H25NO4. The van der Waals surface area contributed by atoms with Crippen LogP contribution in [0.1, 0.15) is 24.5 Å². The number of amides is 1. The molecule has 1 amide bonds. The van der Waals surface area contributed by atoms with Crippen molar-refractivity contribution in [1.29, 1.82) is 0 Å². The summed E-state index contributed by atoms with van der Waals surface area (Å²) in [6, 6.07) is 13.9. The maximum atomic E-state index is 12.0. The van der Waals surface area contributed by atoms with Gasteiger partial charge in [-0.3, -0.25) is 4.79 Å². The monoisotopic (exact) mass is 355 g/mol. The quantitative estimate of drug-likeness (QED) is 0.739. The third-order valence-corrected chi connectivity index (χ3v) is 4.27. The smallest absolute Gasteiger partial charge is 0.220 e. The van der Waals surface area contributed by atoms with Crippen molar-refractivity contribution in [3.05, 3.63) is 53.6 Å². The van der Waals surface area contributed by atoms with E-state index in [1.165, 1.54) is 5.56 Å². The molecule has 0 fully saturated rings. The normalized spacial score (nSPS) is 12.5. The number of fused-ring (bicyclic) bond motifs is 1. The van der Waals surface area contributed by atoms with E-state index in [0.29, 0.717) is 39.2 Å². The minimum absolute atomic E-state index is 0.0184. The Morgan fingerprint density at radius 2 is 1.77 bits per heavy atom. The van der Waals surface area contributed by atoms with E-state index in [1.54, 1.807) is 0 Å². The van der Waals surface area contributed by atoms with Gasteiger partial charge in [-0.25, -0.2) is 0 Å². The first-order valence-corrected chi connectivity index (χ1v) is 9.11. The van der Waals surface area contributed by atoms with E-state index >= 15 is 0 Å². The molecule has 0 atom stereocenters. The Labute approximate surface area is 154 Å². The minimum atomic E-state index is 0.0184. The van der Waals surface area contributed by atoms with E-state index in [4.69, 9.17) is 14.2 Å².